The number of aryl methyl sites for hydroxylation is 1. The van der Waals surface area contributed by atoms with Crippen LogP contribution in [0.2, 0.25) is 0 Å². The van der Waals surface area contributed by atoms with Crippen LogP contribution in [0.3, 0.4) is 0 Å². The lowest BCUT2D eigenvalue weighted by Crippen LogP contribution is -2.49. The number of ether oxygens (including phenoxy) is 2. The van der Waals surface area contributed by atoms with Gasteiger partial charge in [0.2, 0.25) is 0 Å². The lowest BCUT2D eigenvalue weighted by Gasteiger charge is -2.43. The van der Waals surface area contributed by atoms with Crippen molar-refractivity contribution in [2.45, 2.75) is 57.3 Å². The third-order valence-corrected chi connectivity index (χ3v) is 6.79. The van der Waals surface area contributed by atoms with E-state index in [9.17, 15) is 9.59 Å². The molecule has 1 spiro atoms. The molecule has 2 fully saturated rings. The molecule has 3 aliphatic heterocycles. The molecule has 160 valence electrons. The first-order valence-electron chi connectivity index (χ1n) is 10.8. The van der Waals surface area contributed by atoms with E-state index in [-0.39, 0.29) is 23.1 Å². The van der Waals surface area contributed by atoms with Gasteiger partial charge >= 0.3 is 0 Å². The van der Waals surface area contributed by atoms with Gasteiger partial charge < -0.3 is 18.9 Å². The maximum Gasteiger partial charge on any atom is 0.263 e. The molecule has 0 bridgehead atoms. The van der Waals surface area contributed by atoms with Crippen molar-refractivity contribution in [1.29, 1.82) is 0 Å². The van der Waals surface area contributed by atoms with Gasteiger partial charge in [-0.3, -0.25) is 14.7 Å². The number of fused-ring (bicyclic) bond motifs is 2. The molecule has 0 aliphatic carbocycles. The van der Waals surface area contributed by atoms with Crippen molar-refractivity contribution >= 4 is 5.91 Å². The molecule has 1 unspecified atom stereocenters. The summed E-state index contributed by atoms with van der Waals surface area (Å²) in [6, 6.07) is 1.86. The van der Waals surface area contributed by atoms with Crippen LogP contribution in [-0.2, 0) is 28.0 Å². The Morgan fingerprint density at radius 1 is 1.33 bits per heavy atom. The molecule has 8 heteroatoms. The summed E-state index contributed by atoms with van der Waals surface area (Å²) < 4.78 is 13.5. The van der Waals surface area contributed by atoms with E-state index >= 15 is 0 Å². The highest BCUT2D eigenvalue weighted by Gasteiger charge is 2.43. The topological polar surface area (TPSA) is 89.4 Å². The van der Waals surface area contributed by atoms with E-state index in [4.69, 9.17) is 9.47 Å². The maximum atomic E-state index is 13.3. The quantitative estimate of drug-likeness (QED) is 0.830. The van der Waals surface area contributed by atoms with Gasteiger partial charge in [0.25, 0.3) is 11.5 Å². The van der Waals surface area contributed by atoms with Crippen LogP contribution in [0.25, 0.3) is 0 Å². The number of aromatic nitrogens is 3. The Bertz CT molecular complexity index is 997. The standard InChI is InChI=1S/C22H28N4O4/c1-15-4-8-26(14-17-3-2-11-29-17)21(28)18(15)20(27)25-9-6-22(7-10-25)19-16(5-12-30-22)13-23-24-19/h4,8,13,17H,2-3,5-7,9-12,14H2,1H3,(H,23,24). The fourth-order valence-corrected chi connectivity index (χ4v) is 5.02. The van der Waals surface area contributed by atoms with Crippen LogP contribution >= 0.6 is 0 Å². The second kappa shape index (κ2) is 7.67. The molecule has 2 saturated heterocycles. The smallest absolute Gasteiger partial charge is 0.263 e. The van der Waals surface area contributed by atoms with Gasteiger partial charge in [-0.2, -0.15) is 5.10 Å². The number of carbonyl (C=O) groups excluding carboxylic acids is 1. The molecule has 2 aromatic rings. The summed E-state index contributed by atoms with van der Waals surface area (Å²) in [7, 11) is 0. The Morgan fingerprint density at radius 2 is 2.17 bits per heavy atom. The second-order valence-electron chi connectivity index (χ2n) is 8.62. The number of pyridine rings is 1. The normalized spacial score (nSPS) is 23.0. The predicted octanol–water partition coefficient (Wildman–Crippen LogP) is 1.76. The van der Waals surface area contributed by atoms with E-state index in [1.54, 1.807) is 15.7 Å². The van der Waals surface area contributed by atoms with Crippen molar-refractivity contribution in [2.24, 2.45) is 0 Å². The molecule has 0 radical (unpaired) electrons. The predicted molar refractivity (Wildman–Crippen MR) is 109 cm³/mol. The van der Waals surface area contributed by atoms with Crippen molar-refractivity contribution in [3.05, 3.63) is 51.2 Å². The van der Waals surface area contributed by atoms with E-state index in [0.29, 0.717) is 39.1 Å². The van der Waals surface area contributed by atoms with Gasteiger partial charge in [0.05, 0.1) is 31.1 Å². The van der Waals surface area contributed by atoms with E-state index in [2.05, 4.69) is 10.2 Å². The number of rotatable bonds is 3. The van der Waals surface area contributed by atoms with E-state index in [1.165, 1.54) is 5.56 Å². The van der Waals surface area contributed by atoms with Gasteiger partial charge in [-0.1, -0.05) is 0 Å². The molecule has 0 saturated carbocycles. The highest BCUT2D eigenvalue weighted by Crippen LogP contribution is 2.40. The molecule has 2 aromatic heterocycles. The van der Waals surface area contributed by atoms with Gasteiger partial charge in [0.15, 0.2) is 0 Å². The molecular formula is C22H28N4O4. The van der Waals surface area contributed by atoms with Crippen molar-refractivity contribution in [3.8, 4) is 0 Å². The molecule has 8 nitrogen and oxygen atoms in total. The Kier molecular flexibility index (Phi) is 4.99. The molecule has 1 amide bonds. The number of aromatic amines is 1. The minimum absolute atomic E-state index is 0.0512. The summed E-state index contributed by atoms with van der Waals surface area (Å²) in [5, 5.41) is 7.30. The number of nitrogens with zero attached hydrogens (tertiary/aromatic N) is 3. The monoisotopic (exact) mass is 412 g/mol. The Morgan fingerprint density at radius 3 is 2.93 bits per heavy atom. The first-order chi connectivity index (χ1) is 14.6. The van der Waals surface area contributed by atoms with Crippen molar-refractivity contribution < 1.29 is 14.3 Å². The summed E-state index contributed by atoms with van der Waals surface area (Å²) >= 11 is 0. The van der Waals surface area contributed by atoms with Gasteiger partial charge in [-0.15, -0.1) is 0 Å². The summed E-state index contributed by atoms with van der Waals surface area (Å²) in [5.74, 6) is -0.185. The molecule has 30 heavy (non-hydrogen) atoms. The van der Waals surface area contributed by atoms with Gasteiger partial charge in [-0.05, 0) is 56.2 Å². The molecule has 1 N–H and O–H groups in total. The number of hydrogen-bond donors (Lipinski definition) is 1. The second-order valence-corrected chi connectivity index (χ2v) is 8.62. The van der Waals surface area contributed by atoms with E-state index < -0.39 is 5.60 Å². The molecule has 1 atom stereocenters. The van der Waals surface area contributed by atoms with Gasteiger partial charge in [0, 0.05) is 25.9 Å². The van der Waals surface area contributed by atoms with Crippen LogP contribution in [0, 0.1) is 6.92 Å². The maximum absolute atomic E-state index is 13.3. The number of hydrogen-bond acceptors (Lipinski definition) is 5. The number of carbonyl (C=O) groups is 1. The van der Waals surface area contributed by atoms with Crippen LogP contribution in [0.15, 0.2) is 23.3 Å². The number of H-pyrrole nitrogens is 1. The van der Waals surface area contributed by atoms with E-state index in [0.717, 1.165) is 37.1 Å². The molecule has 0 aromatic carbocycles. The van der Waals surface area contributed by atoms with Crippen LogP contribution < -0.4 is 5.56 Å². The fraction of sp³-hybridized carbons (Fsp3) is 0.591. The summed E-state index contributed by atoms with van der Waals surface area (Å²) in [4.78, 5) is 28.2. The average Bonchev–Trinajstić information content (AvgIpc) is 3.43. The minimum atomic E-state index is -0.396. The Hall–Kier alpha value is -2.45. The van der Waals surface area contributed by atoms with Crippen molar-refractivity contribution in [1.82, 2.24) is 19.7 Å². The van der Waals surface area contributed by atoms with Crippen LogP contribution in [0.5, 0.6) is 0 Å². The zero-order chi connectivity index (χ0) is 20.7. The van der Waals surface area contributed by atoms with E-state index in [1.807, 2.05) is 19.2 Å². The SMILES string of the molecule is Cc1ccn(CC2CCCO2)c(=O)c1C(=O)N1CCC2(CC1)OCCc1cn[nH]c12. The van der Waals surface area contributed by atoms with Crippen molar-refractivity contribution in [3.63, 3.8) is 0 Å². The van der Waals surface area contributed by atoms with Gasteiger partial charge in [0.1, 0.15) is 11.2 Å². The largest absolute Gasteiger partial charge is 0.376 e. The molecule has 3 aliphatic rings. The van der Waals surface area contributed by atoms with Gasteiger partial charge in [-0.25, -0.2) is 0 Å². The third kappa shape index (κ3) is 3.28. The summed E-state index contributed by atoms with van der Waals surface area (Å²) in [6.07, 6.45) is 7.94. The van der Waals surface area contributed by atoms with Crippen LogP contribution in [0.1, 0.15) is 52.9 Å². The van der Waals surface area contributed by atoms with Crippen LogP contribution in [-0.4, -0.2) is 58.0 Å². The zero-order valence-corrected chi connectivity index (χ0v) is 17.4. The average molecular weight is 412 g/mol. The molecule has 5 rings (SSSR count). The highest BCUT2D eigenvalue weighted by atomic mass is 16.5. The highest BCUT2D eigenvalue weighted by molar-refractivity contribution is 5.95. The van der Waals surface area contributed by atoms with Crippen LogP contribution in [0.4, 0.5) is 0 Å². The lowest BCUT2D eigenvalue weighted by atomic mass is 9.83. The molecular weight excluding hydrogens is 384 g/mol. The summed E-state index contributed by atoms with van der Waals surface area (Å²) in [5.41, 5.74) is 2.64. The number of amides is 1. The number of likely N-dealkylation sites (tertiary alicyclic amines) is 1. The first kappa shape index (κ1) is 19.5. The summed E-state index contributed by atoms with van der Waals surface area (Å²) in [6.45, 7) is 4.85. The minimum Gasteiger partial charge on any atom is -0.376 e. The Labute approximate surface area is 175 Å². The number of piperidine rings is 1. The first-order valence-corrected chi connectivity index (χ1v) is 10.8. The third-order valence-electron chi connectivity index (χ3n) is 6.79. The van der Waals surface area contributed by atoms with Crippen molar-refractivity contribution in [2.75, 3.05) is 26.3 Å². The number of nitrogens with one attached hydrogen (secondary N) is 1. The fourth-order valence-electron chi connectivity index (χ4n) is 5.02. The molecule has 5 heterocycles. The lowest BCUT2D eigenvalue weighted by molar-refractivity contribution is -0.0962. The Balaban J connectivity index is 1.34. The zero-order valence-electron chi connectivity index (χ0n) is 17.4.